The molecular formula is C12H19N5O. The molecule has 1 N–H and O–H groups in total. The molecule has 0 aliphatic heterocycles. The molecule has 0 fully saturated rings. The molecule has 0 saturated carbocycles. The Morgan fingerprint density at radius 3 is 2.39 bits per heavy atom. The minimum absolute atomic E-state index is 0.311. The van der Waals surface area contributed by atoms with Crippen LogP contribution < -0.4 is 15.0 Å². The van der Waals surface area contributed by atoms with E-state index in [2.05, 4.69) is 21.4 Å². The molecular weight excluding hydrogens is 230 g/mol. The van der Waals surface area contributed by atoms with E-state index in [9.17, 15) is 5.26 Å². The van der Waals surface area contributed by atoms with Gasteiger partial charge < -0.3 is 15.0 Å². The second-order valence-corrected chi connectivity index (χ2v) is 3.57. The largest absolute Gasteiger partial charge is 0.480 e. The molecule has 0 atom stereocenters. The molecule has 6 nitrogen and oxygen atoms in total. The highest BCUT2D eigenvalue weighted by molar-refractivity contribution is 5.61. The van der Waals surface area contributed by atoms with Crippen molar-refractivity contribution < 1.29 is 4.74 Å². The van der Waals surface area contributed by atoms with Crippen LogP contribution >= 0.6 is 0 Å². The predicted molar refractivity (Wildman–Crippen MR) is 71.0 cm³/mol. The number of aromatic nitrogens is 2. The van der Waals surface area contributed by atoms with Gasteiger partial charge in [0.05, 0.1) is 7.11 Å². The van der Waals surface area contributed by atoms with Crippen molar-refractivity contribution in [3.63, 3.8) is 0 Å². The fourth-order valence-corrected chi connectivity index (χ4v) is 1.66. The fourth-order valence-electron chi connectivity index (χ4n) is 1.66. The normalized spacial score (nSPS) is 9.72. The number of nitriles is 1. The molecule has 0 radical (unpaired) electrons. The Kier molecular flexibility index (Phi) is 5.18. The van der Waals surface area contributed by atoms with Gasteiger partial charge in [0, 0.05) is 19.6 Å². The van der Waals surface area contributed by atoms with Crippen molar-refractivity contribution in [2.24, 2.45) is 0 Å². The van der Waals surface area contributed by atoms with Gasteiger partial charge in [0.1, 0.15) is 6.07 Å². The van der Waals surface area contributed by atoms with Crippen molar-refractivity contribution in [3.8, 4) is 11.9 Å². The third-order valence-electron chi connectivity index (χ3n) is 2.56. The third kappa shape index (κ3) is 2.80. The number of anilines is 2. The molecule has 98 valence electrons. The number of ether oxygens (including phenoxy) is 1. The molecule has 1 aromatic heterocycles. The SMILES string of the molecule is CCNc1nc(OC)c(C#N)c(N(CC)CC)n1. The van der Waals surface area contributed by atoms with Crippen LogP contribution in [0.3, 0.4) is 0 Å². The lowest BCUT2D eigenvalue weighted by Gasteiger charge is -2.22. The van der Waals surface area contributed by atoms with E-state index < -0.39 is 0 Å². The first kappa shape index (κ1) is 14.0. The molecule has 0 saturated heterocycles. The number of rotatable bonds is 6. The van der Waals surface area contributed by atoms with Crippen LogP contribution in [0.25, 0.3) is 0 Å². The summed E-state index contributed by atoms with van der Waals surface area (Å²) < 4.78 is 5.16. The van der Waals surface area contributed by atoms with Gasteiger partial charge in [0.15, 0.2) is 11.4 Å². The van der Waals surface area contributed by atoms with Gasteiger partial charge in [0.25, 0.3) is 0 Å². The monoisotopic (exact) mass is 249 g/mol. The molecule has 0 bridgehead atoms. The van der Waals surface area contributed by atoms with Crippen LogP contribution in [-0.4, -0.2) is 36.7 Å². The maximum Gasteiger partial charge on any atom is 0.238 e. The van der Waals surface area contributed by atoms with E-state index in [1.165, 1.54) is 7.11 Å². The summed E-state index contributed by atoms with van der Waals surface area (Å²) in [7, 11) is 1.50. The van der Waals surface area contributed by atoms with E-state index in [-0.39, 0.29) is 0 Å². The van der Waals surface area contributed by atoms with Gasteiger partial charge in [-0.3, -0.25) is 0 Å². The standard InChI is InChI=1S/C12H19N5O/c1-5-14-12-15-10(17(6-2)7-3)9(8-13)11(16-12)18-4/h5-7H2,1-4H3,(H,14,15,16). The molecule has 18 heavy (non-hydrogen) atoms. The zero-order chi connectivity index (χ0) is 13.5. The zero-order valence-electron chi connectivity index (χ0n) is 11.3. The average molecular weight is 249 g/mol. The van der Waals surface area contributed by atoms with E-state index in [4.69, 9.17) is 4.74 Å². The van der Waals surface area contributed by atoms with E-state index in [0.29, 0.717) is 29.8 Å². The maximum absolute atomic E-state index is 9.23. The topological polar surface area (TPSA) is 74.1 Å². The Hall–Kier alpha value is -2.03. The minimum Gasteiger partial charge on any atom is -0.480 e. The van der Waals surface area contributed by atoms with Crippen LogP contribution in [0, 0.1) is 11.3 Å². The van der Waals surface area contributed by atoms with Gasteiger partial charge >= 0.3 is 0 Å². The predicted octanol–water partition coefficient (Wildman–Crippen LogP) is 1.63. The quantitative estimate of drug-likeness (QED) is 0.826. The molecule has 1 rings (SSSR count). The average Bonchev–Trinajstić information content (AvgIpc) is 2.40. The fraction of sp³-hybridized carbons (Fsp3) is 0.583. The second-order valence-electron chi connectivity index (χ2n) is 3.57. The van der Waals surface area contributed by atoms with Crippen LogP contribution in [0.5, 0.6) is 5.88 Å². The van der Waals surface area contributed by atoms with Crippen molar-refractivity contribution in [1.29, 1.82) is 5.26 Å². The van der Waals surface area contributed by atoms with Gasteiger partial charge in [-0.2, -0.15) is 15.2 Å². The summed E-state index contributed by atoms with van der Waals surface area (Å²) in [6.45, 7) is 8.27. The summed E-state index contributed by atoms with van der Waals surface area (Å²) in [5.74, 6) is 1.41. The van der Waals surface area contributed by atoms with Crippen molar-refractivity contribution >= 4 is 11.8 Å². The maximum atomic E-state index is 9.23. The Morgan fingerprint density at radius 1 is 1.28 bits per heavy atom. The highest BCUT2D eigenvalue weighted by atomic mass is 16.5. The lowest BCUT2D eigenvalue weighted by atomic mass is 10.3. The van der Waals surface area contributed by atoms with Gasteiger partial charge in [-0.25, -0.2) is 0 Å². The molecule has 1 heterocycles. The molecule has 1 aromatic rings. The molecule has 0 aliphatic rings. The number of hydrogen-bond donors (Lipinski definition) is 1. The number of nitrogens with one attached hydrogen (secondary N) is 1. The van der Waals surface area contributed by atoms with Gasteiger partial charge in [-0.15, -0.1) is 0 Å². The summed E-state index contributed by atoms with van der Waals surface area (Å²) in [6, 6.07) is 2.11. The zero-order valence-corrected chi connectivity index (χ0v) is 11.3. The summed E-state index contributed by atoms with van der Waals surface area (Å²) in [5, 5.41) is 12.3. The molecule has 0 spiro atoms. The second kappa shape index (κ2) is 6.64. The van der Waals surface area contributed by atoms with E-state index in [1.54, 1.807) is 0 Å². The first-order valence-electron chi connectivity index (χ1n) is 6.06. The van der Waals surface area contributed by atoms with Crippen LogP contribution in [0.15, 0.2) is 0 Å². The molecule has 6 heteroatoms. The Bertz CT molecular complexity index is 437. The van der Waals surface area contributed by atoms with E-state index in [0.717, 1.165) is 13.1 Å². The Balaban J connectivity index is 3.35. The number of hydrogen-bond acceptors (Lipinski definition) is 6. The summed E-state index contributed by atoms with van der Waals surface area (Å²) in [6.07, 6.45) is 0. The lowest BCUT2D eigenvalue weighted by Crippen LogP contribution is -2.25. The van der Waals surface area contributed by atoms with Crippen molar-refractivity contribution in [3.05, 3.63) is 5.56 Å². The van der Waals surface area contributed by atoms with Gasteiger partial charge in [-0.1, -0.05) is 0 Å². The minimum atomic E-state index is 0.311. The van der Waals surface area contributed by atoms with Crippen LogP contribution in [0.2, 0.25) is 0 Å². The van der Waals surface area contributed by atoms with Crippen molar-refractivity contribution in [1.82, 2.24) is 9.97 Å². The van der Waals surface area contributed by atoms with Gasteiger partial charge in [0.2, 0.25) is 11.8 Å². The lowest BCUT2D eigenvalue weighted by molar-refractivity contribution is 0.396. The smallest absolute Gasteiger partial charge is 0.238 e. The van der Waals surface area contributed by atoms with Gasteiger partial charge in [-0.05, 0) is 20.8 Å². The van der Waals surface area contributed by atoms with Crippen molar-refractivity contribution in [2.75, 3.05) is 37.0 Å². The number of methoxy groups -OCH3 is 1. The molecule has 0 aromatic carbocycles. The summed E-state index contributed by atoms with van der Waals surface area (Å²) >= 11 is 0. The Morgan fingerprint density at radius 2 is 1.94 bits per heavy atom. The highest BCUT2D eigenvalue weighted by Crippen LogP contribution is 2.26. The van der Waals surface area contributed by atoms with Crippen LogP contribution in [-0.2, 0) is 0 Å². The first-order chi connectivity index (χ1) is 8.71. The third-order valence-corrected chi connectivity index (χ3v) is 2.56. The molecule has 0 unspecified atom stereocenters. The Labute approximate surface area is 108 Å². The molecule has 0 amide bonds. The van der Waals surface area contributed by atoms with Crippen LogP contribution in [0.1, 0.15) is 26.3 Å². The summed E-state index contributed by atoms with van der Waals surface area (Å²) in [4.78, 5) is 10.6. The highest BCUT2D eigenvalue weighted by Gasteiger charge is 2.18. The summed E-state index contributed by atoms with van der Waals surface area (Å²) in [5.41, 5.74) is 0.378. The molecule has 0 aliphatic carbocycles. The first-order valence-corrected chi connectivity index (χ1v) is 6.06. The number of nitrogens with zero attached hydrogens (tertiary/aromatic N) is 4. The van der Waals surface area contributed by atoms with E-state index >= 15 is 0 Å². The van der Waals surface area contributed by atoms with E-state index in [1.807, 2.05) is 25.7 Å². The van der Waals surface area contributed by atoms with Crippen molar-refractivity contribution in [2.45, 2.75) is 20.8 Å². The van der Waals surface area contributed by atoms with Crippen LogP contribution in [0.4, 0.5) is 11.8 Å².